The number of hydrogen-bond donors (Lipinski definition) is 1. The maximum atomic E-state index is 12.4. The monoisotopic (exact) mass is 372 g/mol. The van der Waals surface area contributed by atoms with Crippen molar-refractivity contribution >= 4 is 35.3 Å². The molecule has 0 saturated carbocycles. The number of thioether (sulfide) groups is 1. The molecule has 0 aliphatic rings. The van der Waals surface area contributed by atoms with Crippen LogP contribution in [-0.2, 0) is 25.6 Å². The molecular formula is C16H21ClN2O4S. The molecule has 0 atom stereocenters. The minimum atomic E-state index is -0.754. The summed E-state index contributed by atoms with van der Waals surface area (Å²) in [7, 11) is 1.22. The van der Waals surface area contributed by atoms with Crippen LogP contribution in [0.4, 0.5) is 0 Å². The first kappa shape index (κ1) is 20.3. The van der Waals surface area contributed by atoms with Gasteiger partial charge in [-0.05, 0) is 38.7 Å². The maximum Gasteiger partial charge on any atom is 0.348 e. The van der Waals surface area contributed by atoms with E-state index in [2.05, 4.69) is 10.3 Å². The number of pyridine rings is 1. The predicted octanol–water partition coefficient (Wildman–Crippen LogP) is 2.91. The van der Waals surface area contributed by atoms with Gasteiger partial charge in [-0.15, -0.1) is 11.8 Å². The molecule has 1 aromatic heterocycles. The van der Waals surface area contributed by atoms with Gasteiger partial charge in [0.05, 0.1) is 12.1 Å². The molecule has 0 aromatic carbocycles. The summed E-state index contributed by atoms with van der Waals surface area (Å²) in [6.07, 6.45) is 3.36. The molecule has 0 radical (unpaired) electrons. The fourth-order valence-electron chi connectivity index (χ4n) is 1.66. The number of hydrogen-bond acceptors (Lipinski definition) is 7. The third kappa shape index (κ3) is 6.41. The van der Waals surface area contributed by atoms with Crippen molar-refractivity contribution in [1.29, 1.82) is 0 Å². The van der Waals surface area contributed by atoms with Gasteiger partial charge in [0.25, 0.3) is 0 Å². The first-order valence-corrected chi connectivity index (χ1v) is 8.72. The normalized spacial score (nSPS) is 12.2. The van der Waals surface area contributed by atoms with Crippen LogP contribution >= 0.6 is 23.4 Å². The molecule has 0 fully saturated rings. The molecule has 0 unspecified atom stereocenters. The highest BCUT2D eigenvalue weighted by molar-refractivity contribution is 8.02. The SMILES string of the molecule is COC(=O)/C(C(=O)OC(C)(C)C)=C(/NCc1ccc(Cl)nc1)SC. The van der Waals surface area contributed by atoms with E-state index in [-0.39, 0.29) is 5.57 Å². The molecule has 6 nitrogen and oxygen atoms in total. The summed E-state index contributed by atoms with van der Waals surface area (Å²) in [4.78, 5) is 28.4. The van der Waals surface area contributed by atoms with Crippen molar-refractivity contribution in [2.24, 2.45) is 0 Å². The number of aromatic nitrogens is 1. The third-order valence-corrected chi connectivity index (χ3v) is 3.65. The molecule has 1 rings (SSSR count). The van der Waals surface area contributed by atoms with Crippen molar-refractivity contribution in [3.8, 4) is 0 Å². The summed E-state index contributed by atoms with van der Waals surface area (Å²) < 4.78 is 10.0. The average Bonchev–Trinajstić information content (AvgIpc) is 2.50. The molecule has 1 heterocycles. The van der Waals surface area contributed by atoms with Crippen LogP contribution in [0.2, 0.25) is 5.15 Å². The highest BCUT2D eigenvalue weighted by atomic mass is 35.5. The van der Waals surface area contributed by atoms with Gasteiger partial charge in [-0.2, -0.15) is 0 Å². The Kier molecular flexibility index (Phi) is 7.57. The van der Waals surface area contributed by atoms with E-state index in [4.69, 9.17) is 21.1 Å². The number of rotatable bonds is 6. The van der Waals surface area contributed by atoms with Crippen LogP contribution in [0.5, 0.6) is 0 Å². The second-order valence-electron chi connectivity index (χ2n) is 5.74. The lowest BCUT2D eigenvalue weighted by atomic mass is 10.2. The van der Waals surface area contributed by atoms with Crippen molar-refractivity contribution in [2.45, 2.75) is 32.9 Å². The molecule has 0 aliphatic carbocycles. The number of methoxy groups -OCH3 is 1. The lowest BCUT2D eigenvalue weighted by molar-refractivity contribution is -0.153. The largest absolute Gasteiger partial charge is 0.465 e. The van der Waals surface area contributed by atoms with Crippen LogP contribution in [-0.4, -0.2) is 35.9 Å². The first-order valence-electron chi connectivity index (χ1n) is 7.12. The lowest BCUT2D eigenvalue weighted by Gasteiger charge is -2.21. The van der Waals surface area contributed by atoms with Gasteiger partial charge < -0.3 is 14.8 Å². The number of carbonyl (C=O) groups excluding carboxylic acids is 2. The highest BCUT2D eigenvalue weighted by Gasteiger charge is 2.29. The molecule has 0 spiro atoms. The highest BCUT2D eigenvalue weighted by Crippen LogP contribution is 2.20. The van der Waals surface area contributed by atoms with E-state index in [0.29, 0.717) is 16.7 Å². The topological polar surface area (TPSA) is 77.5 Å². The summed E-state index contributed by atoms with van der Waals surface area (Å²) in [5, 5.41) is 3.80. The predicted molar refractivity (Wildman–Crippen MR) is 94.5 cm³/mol. The maximum absolute atomic E-state index is 12.4. The van der Waals surface area contributed by atoms with E-state index in [0.717, 1.165) is 5.56 Å². The van der Waals surface area contributed by atoms with E-state index in [1.807, 2.05) is 0 Å². The standard InChI is InChI=1S/C16H21ClN2O4S/c1-16(2,3)23-15(21)12(14(20)22-4)13(24-5)19-9-10-6-7-11(17)18-8-10/h6-8,19H,9H2,1-5H3/b13-12+. The Morgan fingerprint density at radius 3 is 2.42 bits per heavy atom. The summed E-state index contributed by atoms with van der Waals surface area (Å²) in [6, 6.07) is 3.46. The number of esters is 2. The molecule has 0 bridgehead atoms. The first-order chi connectivity index (χ1) is 11.2. The zero-order valence-corrected chi connectivity index (χ0v) is 15.9. The Balaban J connectivity index is 3.04. The van der Waals surface area contributed by atoms with Crippen molar-refractivity contribution < 1.29 is 19.1 Å². The Hall–Kier alpha value is -1.73. The second-order valence-corrected chi connectivity index (χ2v) is 6.95. The third-order valence-electron chi connectivity index (χ3n) is 2.67. The van der Waals surface area contributed by atoms with E-state index < -0.39 is 17.5 Å². The van der Waals surface area contributed by atoms with E-state index in [9.17, 15) is 9.59 Å². The number of ether oxygens (including phenoxy) is 2. The fraction of sp³-hybridized carbons (Fsp3) is 0.438. The zero-order valence-electron chi connectivity index (χ0n) is 14.3. The lowest BCUT2D eigenvalue weighted by Crippen LogP contribution is -2.30. The molecule has 1 aromatic rings. The van der Waals surface area contributed by atoms with Crippen molar-refractivity contribution in [1.82, 2.24) is 10.3 Å². The van der Waals surface area contributed by atoms with Crippen molar-refractivity contribution in [3.63, 3.8) is 0 Å². The van der Waals surface area contributed by atoms with Crippen LogP contribution in [0.3, 0.4) is 0 Å². The minimum absolute atomic E-state index is 0.165. The second kappa shape index (κ2) is 8.94. The molecule has 0 saturated heterocycles. The Morgan fingerprint density at radius 1 is 1.29 bits per heavy atom. The van der Waals surface area contributed by atoms with Gasteiger partial charge in [-0.3, -0.25) is 0 Å². The summed E-state index contributed by atoms with van der Waals surface area (Å²) >= 11 is 6.97. The van der Waals surface area contributed by atoms with Crippen LogP contribution in [0.15, 0.2) is 28.9 Å². The Morgan fingerprint density at radius 2 is 1.96 bits per heavy atom. The van der Waals surface area contributed by atoms with Crippen LogP contribution in [0, 0.1) is 0 Å². The molecule has 132 valence electrons. The van der Waals surface area contributed by atoms with Crippen molar-refractivity contribution in [2.75, 3.05) is 13.4 Å². The molecule has 0 aliphatic heterocycles. The van der Waals surface area contributed by atoms with Gasteiger partial charge in [0.1, 0.15) is 10.8 Å². The smallest absolute Gasteiger partial charge is 0.348 e. The number of nitrogens with one attached hydrogen (secondary N) is 1. The van der Waals surface area contributed by atoms with Gasteiger partial charge in [0.2, 0.25) is 0 Å². The molecule has 0 amide bonds. The zero-order chi connectivity index (χ0) is 18.3. The van der Waals surface area contributed by atoms with Gasteiger partial charge in [0, 0.05) is 12.7 Å². The minimum Gasteiger partial charge on any atom is -0.465 e. The Bertz CT molecular complexity index is 624. The number of carbonyl (C=O) groups is 2. The quantitative estimate of drug-likeness (QED) is 0.270. The van der Waals surface area contributed by atoms with E-state index in [1.54, 1.807) is 45.4 Å². The number of halogens is 1. The summed E-state index contributed by atoms with van der Waals surface area (Å²) in [6.45, 7) is 5.55. The van der Waals surface area contributed by atoms with Gasteiger partial charge in [-0.25, -0.2) is 14.6 Å². The summed E-state index contributed by atoms with van der Waals surface area (Å²) in [5.74, 6) is -1.49. The van der Waals surface area contributed by atoms with Crippen LogP contribution in [0.25, 0.3) is 0 Å². The van der Waals surface area contributed by atoms with Crippen LogP contribution < -0.4 is 5.32 Å². The molecule has 24 heavy (non-hydrogen) atoms. The van der Waals surface area contributed by atoms with Crippen LogP contribution in [0.1, 0.15) is 26.3 Å². The Labute approximate surface area is 151 Å². The average molecular weight is 373 g/mol. The molecule has 8 heteroatoms. The molecule has 1 N–H and O–H groups in total. The summed E-state index contributed by atoms with van der Waals surface area (Å²) in [5.41, 5.74) is -0.0406. The van der Waals surface area contributed by atoms with Crippen molar-refractivity contribution in [3.05, 3.63) is 39.6 Å². The van der Waals surface area contributed by atoms with Gasteiger partial charge >= 0.3 is 11.9 Å². The molecular weight excluding hydrogens is 352 g/mol. The van der Waals surface area contributed by atoms with Gasteiger partial charge in [-0.1, -0.05) is 17.7 Å². The van der Waals surface area contributed by atoms with E-state index in [1.165, 1.54) is 18.9 Å². The van der Waals surface area contributed by atoms with Gasteiger partial charge in [0.15, 0.2) is 5.57 Å². The van der Waals surface area contributed by atoms with E-state index >= 15 is 0 Å². The number of nitrogens with zero attached hydrogens (tertiary/aromatic N) is 1. The fourth-order valence-corrected chi connectivity index (χ4v) is 2.35.